The maximum Gasteiger partial charge on any atom is 0.127 e. The normalized spacial score (nSPS) is 14.1. The van der Waals surface area contributed by atoms with Crippen molar-refractivity contribution in [1.29, 1.82) is 0 Å². The third kappa shape index (κ3) is 5.93. The molecule has 1 aromatic rings. The Labute approximate surface area is 133 Å². The molecule has 0 aromatic heterocycles. The van der Waals surface area contributed by atoms with Gasteiger partial charge in [-0.25, -0.2) is 4.39 Å². The van der Waals surface area contributed by atoms with E-state index in [1.165, 1.54) is 6.07 Å². The number of hydrogen-bond donors (Lipinski definition) is 1. The van der Waals surface area contributed by atoms with E-state index < -0.39 is 0 Å². The number of rotatable bonds is 10. The average molecular weight is 316 g/mol. The van der Waals surface area contributed by atoms with Crippen LogP contribution in [0.2, 0.25) is 5.02 Å². The maximum atomic E-state index is 14.0. The summed E-state index contributed by atoms with van der Waals surface area (Å²) in [7, 11) is 0. The van der Waals surface area contributed by atoms with Crippen LogP contribution in [0.5, 0.6) is 0 Å². The molecule has 0 heterocycles. The van der Waals surface area contributed by atoms with Gasteiger partial charge in [-0.1, -0.05) is 37.9 Å². The third-order valence-corrected chi connectivity index (χ3v) is 3.90. The van der Waals surface area contributed by atoms with Crippen molar-refractivity contribution in [1.82, 2.24) is 5.32 Å². The van der Waals surface area contributed by atoms with Gasteiger partial charge in [0.1, 0.15) is 5.82 Å². The lowest BCUT2D eigenvalue weighted by Crippen LogP contribution is -2.43. The lowest BCUT2D eigenvalue weighted by Gasteiger charge is -2.28. The van der Waals surface area contributed by atoms with Gasteiger partial charge >= 0.3 is 0 Å². The zero-order valence-corrected chi connectivity index (χ0v) is 14.0. The van der Waals surface area contributed by atoms with E-state index in [0.717, 1.165) is 25.8 Å². The molecule has 2 unspecified atom stereocenters. The molecule has 21 heavy (non-hydrogen) atoms. The second-order valence-electron chi connectivity index (χ2n) is 5.25. The van der Waals surface area contributed by atoms with Crippen molar-refractivity contribution < 1.29 is 9.13 Å². The van der Waals surface area contributed by atoms with Crippen molar-refractivity contribution in [2.24, 2.45) is 0 Å². The van der Waals surface area contributed by atoms with E-state index in [2.05, 4.69) is 19.2 Å². The topological polar surface area (TPSA) is 21.3 Å². The molecular formula is C17H27ClFNO. The van der Waals surface area contributed by atoms with Gasteiger partial charge in [0.2, 0.25) is 0 Å². The van der Waals surface area contributed by atoms with Crippen LogP contribution >= 0.6 is 11.6 Å². The first kappa shape index (κ1) is 18.4. The summed E-state index contributed by atoms with van der Waals surface area (Å²) in [6.07, 6.45) is 3.67. The molecule has 4 heteroatoms. The first-order valence-electron chi connectivity index (χ1n) is 7.91. The number of halogens is 2. The number of nitrogens with one attached hydrogen (secondary N) is 1. The Morgan fingerprint density at radius 3 is 2.57 bits per heavy atom. The Hall–Kier alpha value is -0.640. The highest BCUT2D eigenvalue weighted by atomic mass is 35.5. The average Bonchev–Trinajstić information content (AvgIpc) is 2.46. The standard InChI is InChI=1S/C17H27ClFNO/c1-4-8-17(21-6-3)16(20-11-5-2)12-13-14(18)9-7-10-15(13)19/h7,9-10,16-17,20H,4-6,8,11-12H2,1-3H3. The fraction of sp³-hybridized carbons (Fsp3) is 0.647. The lowest BCUT2D eigenvalue weighted by atomic mass is 9.97. The second kappa shape index (κ2) is 10.1. The van der Waals surface area contributed by atoms with Crippen LogP contribution in [0.15, 0.2) is 18.2 Å². The summed E-state index contributed by atoms with van der Waals surface area (Å²) in [4.78, 5) is 0. The van der Waals surface area contributed by atoms with Crippen molar-refractivity contribution in [3.63, 3.8) is 0 Å². The molecule has 2 atom stereocenters. The molecule has 0 amide bonds. The van der Waals surface area contributed by atoms with Crippen LogP contribution in [0.25, 0.3) is 0 Å². The van der Waals surface area contributed by atoms with Crippen molar-refractivity contribution >= 4 is 11.6 Å². The van der Waals surface area contributed by atoms with E-state index in [0.29, 0.717) is 23.6 Å². The molecule has 0 radical (unpaired) electrons. The minimum atomic E-state index is -0.238. The van der Waals surface area contributed by atoms with Crippen molar-refractivity contribution in [3.05, 3.63) is 34.6 Å². The lowest BCUT2D eigenvalue weighted by molar-refractivity contribution is 0.0280. The smallest absolute Gasteiger partial charge is 0.127 e. The first-order chi connectivity index (χ1) is 10.1. The van der Waals surface area contributed by atoms with Crippen molar-refractivity contribution in [2.75, 3.05) is 13.2 Å². The van der Waals surface area contributed by atoms with Gasteiger partial charge in [-0.05, 0) is 44.9 Å². The van der Waals surface area contributed by atoms with E-state index in [1.54, 1.807) is 12.1 Å². The minimum Gasteiger partial charge on any atom is -0.377 e. The second-order valence-corrected chi connectivity index (χ2v) is 5.65. The van der Waals surface area contributed by atoms with Gasteiger partial charge in [0.05, 0.1) is 6.10 Å². The van der Waals surface area contributed by atoms with Gasteiger partial charge in [-0.15, -0.1) is 0 Å². The van der Waals surface area contributed by atoms with E-state index in [4.69, 9.17) is 16.3 Å². The molecule has 0 fully saturated rings. The van der Waals surface area contributed by atoms with Crippen LogP contribution in [0.3, 0.4) is 0 Å². The van der Waals surface area contributed by atoms with Crippen LogP contribution in [0, 0.1) is 5.82 Å². The SMILES string of the molecule is CCCNC(Cc1c(F)cccc1Cl)C(CCC)OCC. The summed E-state index contributed by atoms with van der Waals surface area (Å²) in [5, 5.41) is 3.98. The summed E-state index contributed by atoms with van der Waals surface area (Å²) in [5.41, 5.74) is 0.577. The summed E-state index contributed by atoms with van der Waals surface area (Å²) in [6.45, 7) is 7.81. The zero-order chi connectivity index (χ0) is 15.7. The first-order valence-corrected chi connectivity index (χ1v) is 8.29. The number of benzene rings is 1. The highest BCUT2D eigenvalue weighted by Crippen LogP contribution is 2.23. The van der Waals surface area contributed by atoms with E-state index in [1.807, 2.05) is 6.92 Å². The van der Waals surface area contributed by atoms with Gasteiger partial charge < -0.3 is 10.1 Å². The Balaban J connectivity index is 2.90. The molecule has 0 saturated carbocycles. The molecule has 0 aliphatic heterocycles. The number of hydrogen-bond acceptors (Lipinski definition) is 2. The van der Waals surface area contributed by atoms with E-state index >= 15 is 0 Å². The monoisotopic (exact) mass is 315 g/mol. The molecule has 1 aromatic carbocycles. The fourth-order valence-corrected chi connectivity index (χ4v) is 2.75. The predicted octanol–water partition coefficient (Wildman–Crippen LogP) is 4.60. The van der Waals surface area contributed by atoms with Crippen LogP contribution < -0.4 is 5.32 Å². The van der Waals surface area contributed by atoms with E-state index in [9.17, 15) is 4.39 Å². The van der Waals surface area contributed by atoms with Crippen LogP contribution in [0.1, 0.15) is 45.6 Å². The summed E-state index contributed by atoms with van der Waals surface area (Å²) >= 11 is 6.16. The molecule has 0 saturated heterocycles. The van der Waals surface area contributed by atoms with Gasteiger partial charge in [-0.3, -0.25) is 0 Å². The largest absolute Gasteiger partial charge is 0.377 e. The van der Waals surface area contributed by atoms with E-state index in [-0.39, 0.29) is 18.0 Å². The molecule has 0 bridgehead atoms. The predicted molar refractivity (Wildman–Crippen MR) is 87.5 cm³/mol. The quantitative estimate of drug-likeness (QED) is 0.681. The number of ether oxygens (including phenoxy) is 1. The molecule has 1 rings (SSSR count). The van der Waals surface area contributed by atoms with Gasteiger partial charge in [0.25, 0.3) is 0 Å². The van der Waals surface area contributed by atoms with Gasteiger partial charge in [0.15, 0.2) is 0 Å². The van der Waals surface area contributed by atoms with Crippen LogP contribution in [-0.2, 0) is 11.2 Å². The Morgan fingerprint density at radius 2 is 2.00 bits per heavy atom. The molecule has 0 aliphatic rings. The van der Waals surface area contributed by atoms with Crippen LogP contribution in [-0.4, -0.2) is 25.3 Å². The summed E-state index contributed by atoms with van der Waals surface area (Å²) in [5.74, 6) is -0.238. The highest BCUT2D eigenvalue weighted by Gasteiger charge is 2.23. The Kier molecular flexibility index (Phi) is 8.90. The Morgan fingerprint density at radius 1 is 1.24 bits per heavy atom. The third-order valence-electron chi connectivity index (χ3n) is 3.54. The summed E-state index contributed by atoms with van der Waals surface area (Å²) in [6, 6.07) is 4.93. The summed E-state index contributed by atoms with van der Waals surface area (Å²) < 4.78 is 19.9. The maximum absolute atomic E-state index is 14.0. The van der Waals surface area contributed by atoms with Gasteiger partial charge in [-0.2, -0.15) is 0 Å². The molecule has 0 aliphatic carbocycles. The minimum absolute atomic E-state index is 0.0826. The van der Waals surface area contributed by atoms with Crippen molar-refractivity contribution in [3.8, 4) is 0 Å². The molecular weight excluding hydrogens is 289 g/mol. The van der Waals surface area contributed by atoms with Crippen molar-refractivity contribution in [2.45, 2.75) is 58.6 Å². The Bertz CT molecular complexity index is 388. The fourth-order valence-electron chi connectivity index (χ4n) is 2.51. The molecule has 2 nitrogen and oxygen atoms in total. The zero-order valence-electron chi connectivity index (χ0n) is 13.3. The molecule has 120 valence electrons. The molecule has 1 N–H and O–H groups in total. The molecule has 0 spiro atoms. The highest BCUT2D eigenvalue weighted by molar-refractivity contribution is 6.31. The van der Waals surface area contributed by atoms with Gasteiger partial charge in [0, 0.05) is 23.2 Å². The van der Waals surface area contributed by atoms with Crippen LogP contribution in [0.4, 0.5) is 4.39 Å².